The number of anilines is 5. The lowest BCUT2D eigenvalue weighted by Crippen LogP contribution is -2.43. The molecule has 11 nitrogen and oxygen atoms in total. The Morgan fingerprint density at radius 1 is 0.949 bits per heavy atom. The normalized spacial score (nSPS) is 13.1. The molecule has 4 aromatic rings. The first-order valence-electron chi connectivity index (χ1n) is 13.1. The molecule has 1 aliphatic heterocycles. The van der Waals surface area contributed by atoms with Crippen LogP contribution in [-0.2, 0) is 11.2 Å². The van der Waals surface area contributed by atoms with Gasteiger partial charge in [-0.25, -0.2) is 19.9 Å². The molecule has 3 aromatic heterocycles. The smallest absolute Gasteiger partial charge is 0.229 e. The minimum Gasteiger partial charge on any atom is -0.369 e. The van der Waals surface area contributed by atoms with Crippen molar-refractivity contribution in [3.05, 3.63) is 72.2 Å². The van der Waals surface area contributed by atoms with Gasteiger partial charge in [0.25, 0.3) is 0 Å². The van der Waals surface area contributed by atoms with Crippen molar-refractivity contribution in [1.82, 2.24) is 35.6 Å². The highest BCUT2D eigenvalue weighted by molar-refractivity contribution is 5.78. The summed E-state index contributed by atoms with van der Waals surface area (Å²) in [4.78, 5) is 37.4. The lowest BCUT2D eigenvalue weighted by Gasteiger charge is -2.29. The summed E-state index contributed by atoms with van der Waals surface area (Å²) >= 11 is 0. The van der Waals surface area contributed by atoms with E-state index in [2.05, 4.69) is 63.2 Å². The van der Waals surface area contributed by atoms with E-state index in [-0.39, 0.29) is 12.3 Å². The van der Waals surface area contributed by atoms with Crippen LogP contribution in [0.3, 0.4) is 0 Å². The minimum absolute atomic E-state index is 0.109. The Kier molecular flexibility index (Phi) is 8.18. The average molecular weight is 525 g/mol. The summed E-state index contributed by atoms with van der Waals surface area (Å²) in [7, 11) is 0. The molecule has 0 atom stereocenters. The van der Waals surface area contributed by atoms with Crippen molar-refractivity contribution < 1.29 is 4.79 Å². The molecule has 0 bridgehead atoms. The van der Waals surface area contributed by atoms with Gasteiger partial charge in [0.05, 0.1) is 12.1 Å². The number of carbonyl (C=O) groups excluding carboxylic acids is 1. The standard InChI is InChI=1S/C28H32N10O/c1-3-30-26(39)18-21-17-25(36-27(33-21)23-6-4-5-19(2)32-23)35-24-11-12-31-28(37-24)34-20-7-9-22(10-8-20)38-15-13-29-14-16-38/h4-12,17,29H,3,13-16,18H2,1-2H3,(H,30,39)(H2,31,33,34,35,36,37). The van der Waals surface area contributed by atoms with Gasteiger partial charge in [-0.15, -0.1) is 0 Å². The molecule has 39 heavy (non-hydrogen) atoms. The molecule has 11 heteroatoms. The first-order valence-corrected chi connectivity index (χ1v) is 13.1. The quantitative estimate of drug-likeness (QED) is 0.259. The summed E-state index contributed by atoms with van der Waals surface area (Å²) in [6.07, 6.45) is 1.80. The van der Waals surface area contributed by atoms with Crippen molar-refractivity contribution in [3.63, 3.8) is 0 Å². The monoisotopic (exact) mass is 524 g/mol. The van der Waals surface area contributed by atoms with E-state index in [1.54, 1.807) is 18.3 Å². The molecular formula is C28H32N10O. The van der Waals surface area contributed by atoms with Crippen LogP contribution in [0.5, 0.6) is 0 Å². The highest BCUT2D eigenvalue weighted by atomic mass is 16.1. The van der Waals surface area contributed by atoms with Gasteiger partial charge in [0.2, 0.25) is 11.9 Å². The van der Waals surface area contributed by atoms with E-state index in [0.717, 1.165) is 37.6 Å². The van der Waals surface area contributed by atoms with Gasteiger partial charge in [0.1, 0.15) is 17.3 Å². The number of nitrogens with zero attached hydrogens (tertiary/aromatic N) is 6. The molecule has 0 aliphatic carbocycles. The third kappa shape index (κ3) is 7.02. The van der Waals surface area contributed by atoms with Crippen molar-refractivity contribution in [2.75, 3.05) is 48.3 Å². The Balaban J connectivity index is 1.34. The van der Waals surface area contributed by atoms with E-state index in [9.17, 15) is 4.79 Å². The van der Waals surface area contributed by atoms with Gasteiger partial charge >= 0.3 is 0 Å². The first kappa shape index (κ1) is 26.0. The second-order valence-electron chi connectivity index (χ2n) is 9.16. The van der Waals surface area contributed by atoms with Gasteiger partial charge < -0.3 is 26.2 Å². The lowest BCUT2D eigenvalue weighted by atomic mass is 10.2. The van der Waals surface area contributed by atoms with Crippen LogP contribution in [-0.4, -0.2) is 63.6 Å². The molecule has 1 amide bonds. The SMILES string of the molecule is CCNC(=O)Cc1cc(Nc2ccnc(Nc3ccc(N4CCNCC4)cc3)n2)nc(-c2cccc(C)n2)n1. The highest BCUT2D eigenvalue weighted by Crippen LogP contribution is 2.23. The molecular weight excluding hydrogens is 492 g/mol. The van der Waals surface area contributed by atoms with E-state index in [4.69, 9.17) is 0 Å². The first-order chi connectivity index (χ1) is 19.1. The van der Waals surface area contributed by atoms with E-state index in [1.807, 2.05) is 44.2 Å². The molecule has 0 saturated carbocycles. The number of aryl methyl sites for hydroxylation is 1. The van der Waals surface area contributed by atoms with Gasteiger partial charge in [0, 0.05) is 62.1 Å². The summed E-state index contributed by atoms with van der Waals surface area (Å²) in [6, 6.07) is 17.4. The van der Waals surface area contributed by atoms with E-state index >= 15 is 0 Å². The van der Waals surface area contributed by atoms with E-state index in [1.165, 1.54) is 5.69 Å². The number of likely N-dealkylation sites (N-methyl/N-ethyl adjacent to an activating group) is 1. The van der Waals surface area contributed by atoms with Crippen molar-refractivity contribution in [3.8, 4) is 11.5 Å². The van der Waals surface area contributed by atoms with Crippen LogP contribution < -0.4 is 26.2 Å². The number of pyridine rings is 1. The Bertz CT molecular complexity index is 1420. The molecule has 1 fully saturated rings. The molecule has 1 saturated heterocycles. The van der Waals surface area contributed by atoms with Crippen LogP contribution in [0.4, 0.5) is 29.0 Å². The molecule has 0 spiro atoms. The van der Waals surface area contributed by atoms with E-state index in [0.29, 0.717) is 41.3 Å². The Morgan fingerprint density at radius 3 is 2.54 bits per heavy atom. The van der Waals surface area contributed by atoms with Crippen LogP contribution in [0.1, 0.15) is 18.3 Å². The van der Waals surface area contributed by atoms with Crippen LogP contribution in [0.15, 0.2) is 60.8 Å². The second-order valence-corrected chi connectivity index (χ2v) is 9.16. The Labute approximate surface area is 227 Å². The molecule has 5 rings (SSSR count). The van der Waals surface area contributed by atoms with Crippen LogP contribution in [0.25, 0.3) is 11.5 Å². The van der Waals surface area contributed by atoms with E-state index < -0.39 is 0 Å². The molecule has 0 unspecified atom stereocenters. The third-order valence-electron chi connectivity index (χ3n) is 6.13. The summed E-state index contributed by atoms with van der Waals surface area (Å²) < 4.78 is 0. The molecule has 200 valence electrons. The number of hydrogen-bond donors (Lipinski definition) is 4. The maximum Gasteiger partial charge on any atom is 0.229 e. The van der Waals surface area contributed by atoms with Gasteiger partial charge in [-0.2, -0.15) is 4.98 Å². The maximum absolute atomic E-state index is 12.3. The highest BCUT2D eigenvalue weighted by Gasteiger charge is 2.13. The topological polar surface area (TPSA) is 133 Å². The molecule has 4 N–H and O–H groups in total. The summed E-state index contributed by atoms with van der Waals surface area (Å²) in [5.41, 5.74) is 4.15. The number of hydrogen-bond acceptors (Lipinski definition) is 10. The predicted molar refractivity (Wildman–Crippen MR) is 153 cm³/mol. The second kappa shape index (κ2) is 12.3. The number of nitrogens with one attached hydrogen (secondary N) is 4. The summed E-state index contributed by atoms with van der Waals surface area (Å²) in [5.74, 6) is 1.83. The van der Waals surface area contributed by atoms with Crippen molar-refractivity contribution >= 4 is 34.9 Å². The molecule has 1 aliphatic rings. The Hall–Kier alpha value is -4.64. The Morgan fingerprint density at radius 2 is 1.77 bits per heavy atom. The number of carbonyl (C=O) groups is 1. The van der Waals surface area contributed by atoms with Crippen LogP contribution in [0, 0.1) is 6.92 Å². The third-order valence-corrected chi connectivity index (χ3v) is 6.13. The minimum atomic E-state index is -0.109. The number of amides is 1. The van der Waals surface area contributed by atoms with Gasteiger partial charge in [-0.05, 0) is 56.3 Å². The number of benzene rings is 1. The van der Waals surface area contributed by atoms with Crippen LogP contribution in [0.2, 0.25) is 0 Å². The largest absolute Gasteiger partial charge is 0.369 e. The predicted octanol–water partition coefficient (Wildman–Crippen LogP) is 3.21. The van der Waals surface area contributed by atoms with Crippen molar-refractivity contribution in [1.29, 1.82) is 0 Å². The molecule has 4 heterocycles. The van der Waals surface area contributed by atoms with Gasteiger partial charge in [-0.1, -0.05) is 6.07 Å². The lowest BCUT2D eigenvalue weighted by molar-refractivity contribution is -0.120. The average Bonchev–Trinajstić information content (AvgIpc) is 2.94. The van der Waals surface area contributed by atoms with Crippen molar-refractivity contribution in [2.24, 2.45) is 0 Å². The summed E-state index contributed by atoms with van der Waals surface area (Å²) in [6.45, 7) is 8.34. The number of piperazine rings is 1. The number of rotatable bonds is 9. The maximum atomic E-state index is 12.3. The fourth-order valence-corrected chi connectivity index (χ4v) is 4.29. The zero-order valence-electron chi connectivity index (χ0n) is 22.1. The van der Waals surface area contributed by atoms with Crippen molar-refractivity contribution in [2.45, 2.75) is 20.3 Å². The fraction of sp³-hybridized carbons (Fsp3) is 0.286. The summed E-state index contributed by atoms with van der Waals surface area (Å²) in [5, 5.41) is 12.7. The van der Waals surface area contributed by atoms with Gasteiger partial charge in [-0.3, -0.25) is 4.79 Å². The molecule has 0 radical (unpaired) electrons. The van der Waals surface area contributed by atoms with Crippen LogP contribution >= 0.6 is 0 Å². The molecule has 1 aromatic carbocycles. The zero-order valence-corrected chi connectivity index (χ0v) is 22.1. The number of aromatic nitrogens is 5. The zero-order chi connectivity index (χ0) is 27.0. The fourth-order valence-electron chi connectivity index (χ4n) is 4.29. The van der Waals surface area contributed by atoms with Gasteiger partial charge in [0.15, 0.2) is 5.82 Å².